The third kappa shape index (κ3) is 7.52. The molecule has 2 fully saturated rings. The Morgan fingerprint density at radius 2 is 1.64 bits per heavy atom. The molecule has 28 heavy (non-hydrogen) atoms. The van der Waals surface area contributed by atoms with Crippen LogP contribution in [-0.2, 0) is 4.79 Å². The average molecular weight is 456 g/mol. The summed E-state index contributed by atoms with van der Waals surface area (Å²) in [7, 11) is 0. The van der Waals surface area contributed by atoms with E-state index in [0.29, 0.717) is 6.54 Å². The Bertz CT molecular complexity index is 552. The molecule has 0 atom stereocenters. The largest absolute Gasteiger partial charge is 0.354 e. The van der Waals surface area contributed by atoms with Crippen molar-refractivity contribution in [2.75, 3.05) is 44.2 Å². The molecular formula is C18H33Cl3N6O. The topological polar surface area (TPSA) is 87.4 Å². The number of amides is 1. The quantitative estimate of drug-likeness (QED) is 0.638. The first-order valence-electron chi connectivity index (χ1n) is 9.49. The van der Waals surface area contributed by atoms with Crippen LogP contribution in [0, 0.1) is 0 Å². The Morgan fingerprint density at radius 3 is 2.25 bits per heavy atom. The van der Waals surface area contributed by atoms with E-state index in [4.69, 9.17) is 5.73 Å². The number of rotatable bonds is 6. The lowest BCUT2D eigenvalue weighted by atomic mass is 9.82. The third-order valence-corrected chi connectivity index (χ3v) is 5.34. The number of carbonyl (C=O) groups excluding carboxylic acids is 1. The number of nitrogens with zero attached hydrogens (tertiary/aromatic N) is 4. The molecule has 0 radical (unpaired) electrons. The maximum atomic E-state index is 12.3. The number of anilines is 1. The van der Waals surface area contributed by atoms with Gasteiger partial charge in [0.2, 0.25) is 11.9 Å². The van der Waals surface area contributed by atoms with Gasteiger partial charge < -0.3 is 16.0 Å². The molecule has 3 rings (SSSR count). The second-order valence-corrected chi connectivity index (χ2v) is 7.20. The lowest BCUT2D eigenvalue weighted by Gasteiger charge is -2.35. The molecule has 0 unspecified atom stereocenters. The van der Waals surface area contributed by atoms with Crippen LogP contribution < -0.4 is 16.0 Å². The molecule has 1 aromatic rings. The van der Waals surface area contributed by atoms with Crippen LogP contribution in [0.25, 0.3) is 0 Å². The standard InChI is InChI=1S/C18H30N6O.3ClH/c19-18(6-2-1-3-7-18)16(25)20-10-5-11-23-12-14-24(15-13-23)17-21-8-4-9-22-17;;;/h4,8-9H,1-3,5-7,10-15,19H2,(H,20,25);3*1H. The van der Waals surface area contributed by atoms with Gasteiger partial charge in [0.05, 0.1) is 5.54 Å². The number of halogens is 3. The van der Waals surface area contributed by atoms with Gasteiger partial charge in [-0.25, -0.2) is 9.97 Å². The van der Waals surface area contributed by atoms with Gasteiger partial charge in [0.1, 0.15) is 0 Å². The molecule has 1 saturated carbocycles. The Morgan fingerprint density at radius 1 is 1.04 bits per heavy atom. The zero-order valence-electron chi connectivity index (χ0n) is 16.2. The number of aromatic nitrogens is 2. The van der Waals surface area contributed by atoms with Crippen LogP contribution >= 0.6 is 37.2 Å². The van der Waals surface area contributed by atoms with E-state index in [1.807, 2.05) is 6.07 Å². The van der Waals surface area contributed by atoms with Gasteiger partial charge in [0, 0.05) is 45.1 Å². The number of hydrogen-bond acceptors (Lipinski definition) is 6. The van der Waals surface area contributed by atoms with Crippen molar-refractivity contribution in [3.05, 3.63) is 18.5 Å². The van der Waals surface area contributed by atoms with E-state index >= 15 is 0 Å². The maximum absolute atomic E-state index is 12.3. The molecule has 1 aliphatic carbocycles. The second kappa shape index (κ2) is 13.4. The lowest BCUT2D eigenvalue weighted by molar-refractivity contribution is -0.127. The predicted molar refractivity (Wildman–Crippen MR) is 120 cm³/mol. The summed E-state index contributed by atoms with van der Waals surface area (Å²) in [6, 6.07) is 1.84. The van der Waals surface area contributed by atoms with Crippen molar-refractivity contribution in [2.24, 2.45) is 5.73 Å². The number of piperazine rings is 1. The summed E-state index contributed by atoms with van der Waals surface area (Å²) in [5, 5.41) is 3.05. The van der Waals surface area contributed by atoms with Gasteiger partial charge in [0.15, 0.2) is 0 Å². The first-order valence-corrected chi connectivity index (χ1v) is 9.49. The lowest BCUT2D eigenvalue weighted by Crippen LogP contribution is -2.55. The molecule has 162 valence electrons. The van der Waals surface area contributed by atoms with Gasteiger partial charge >= 0.3 is 0 Å². The van der Waals surface area contributed by atoms with Gasteiger partial charge in [-0.05, 0) is 31.9 Å². The van der Waals surface area contributed by atoms with Crippen molar-refractivity contribution in [3.8, 4) is 0 Å². The molecule has 1 amide bonds. The molecule has 10 heteroatoms. The van der Waals surface area contributed by atoms with Gasteiger partial charge in [-0.2, -0.15) is 0 Å². The van der Waals surface area contributed by atoms with Crippen LogP contribution in [0.5, 0.6) is 0 Å². The molecule has 2 aliphatic rings. The minimum absolute atomic E-state index is 0. The van der Waals surface area contributed by atoms with Crippen LogP contribution in [0.1, 0.15) is 38.5 Å². The zero-order valence-corrected chi connectivity index (χ0v) is 18.7. The SMILES string of the molecule is Cl.Cl.Cl.NC1(C(=O)NCCCN2CCN(c3ncccn3)CC2)CCCCC1. The van der Waals surface area contributed by atoms with Gasteiger partial charge in [0.25, 0.3) is 0 Å². The fraction of sp³-hybridized carbons (Fsp3) is 0.722. The third-order valence-electron chi connectivity index (χ3n) is 5.34. The Labute approximate surface area is 186 Å². The summed E-state index contributed by atoms with van der Waals surface area (Å²) >= 11 is 0. The van der Waals surface area contributed by atoms with E-state index in [-0.39, 0.29) is 43.1 Å². The average Bonchev–Trinajstić information content (AvgIpc) is 2.67. The fourth-order valence-corrected chi connectivity index (χ4v) is 3.72. The number of hydrogen-bond donors (Lipinski definition) is 2. The monoisotopic (exact) mass is 454 g/mol. The molecule has 0 spiro atoms. The van der Waals surface area contributed by atoms with E-state index in [0.717, 1.165) is 70.8 Å². The molecule has 1 aromatic heterocycles. The summed E-state index contributed by atoms with van der Waals surface area (Å²) < 4.78 is 0. The molecular weight excluding hydrogens is 423 g/mol. The van der Waals surface area contributed by atoms with Gasteiger partial charge in [-0.15, -0.1) is 37.2 Å². The summed E-state index contributed by atoms with van der Waals surface area (Å²) in [4.78, 5) is 25.6. The van der Waals surface area contributed by atoms with Gasteiger partial charge in [-0.3, -0.25) is 9.69 Å². The molecule has 3 N–H and O–H groups in total. The van der Waals surface area contributed by atoms with Crippen molar-refractivity contribution in [1.29, 1.82) is 0 Å². The van der Waals surface area contributed by atoms with Crippen LogP contribution in [0.15, 0.2) is 18.5 Å². The highest BCUT2D eigenvalue weighted by molar-refractivity contribution is 5.86. The molecule has 7 nitrogen and oxygen atoms in total. The highest BCUT2D eigenvalue weighted by Crippen LogP contribution is 2.25. The number of nitrogens with one attached hydrogen (secondary N) is 1. The molecule has 1 saturated heterocycles. The summed E-state index contributed by atoms with van der Waals surface area (Å²) in [6.07, 6.45) is 9.51. The second-order valence-electron chi connectivity index (χ2n) is 7.20. The normalized spacial score (nSPS) is 18.8. The Kier molecular flexibility index (Phi) is 13.0. The molecule has 2 heterocycles. The van der Waals surface area contributed by atoms with Crippen LogP contribution in [0.3, 0.4) is 0 Å². The summed E-state index contributed by atoms with van der Waals surface area (Å²) in [5.74, 6) is 0.855. The van der Waals surface area contributed by atoms with E-state index in [2.05, 4.69) is 25.1 Å². The van der Waals surface area contributed by atoms with E-state index < -0.39 is 5.54 Å². The highest BCUT2D eigenvalue weighted by atomic mass is 35.5. The summed E-state index contributed by atoms with van der Waals surface area (Å²) in [5.41, 5.74) is 5.63. The van der Waals surface area contributed by atoms with Crippen LogP contribution in [-0.4, -0.2) is 65.6 Å². The highest BCUT2D eigenvalue weighted by Gasteiger charge is 2.34. The van der Waals surface area contributed by atoms with Crippen molar-refractivity contribution >= 4 is 49.1 Å². The van der Waals surface area contributed by atoms with E-state index in [1.165, 1.54) is 6.42 Å². The van der Waals surface area contributed by atoms with Crippen molar-refractivity contribution in [1.82, 2.24) is 20.2 Å². The van der Waals surface area contributed by atoms with Crippen LogP contribution in [0.2, 0.25) is 0 Å². The first-order chi connectivity index (χ1) is 12.2. The fourth-order valence-electron chi connectivity index (χ4n) is 3.72. The van der Waals surface area contributed by atoms with E-state index in [1.54, 1.807) is 12.4 Å². The van der Waals surface area contributed by atoms with Crippen molar-refractivity contribution in [2.45, 2.75) is 44.1 Å². The van der Waals surface area contributed by atoms with E-state index in [9.17, 15) is 4.79 Å². The molecule has 1 aliphatic heterocycles. The van der Waals surface area contributed by atoms with Gasteiger partial charge in [-0.1, -0.05) is 19.3 Å². The summed E-state index contributed by atoms with van der Waals surface area (Å²) in [6.45, 7) is 5.62. The first kappa shape index (κ1) is 27.1. The molecule has 0 aromatic carbocycles. The predicted octanol–water partition coefficient (Wildman–Crippen LogP) is 2.03. The maximum Gasteiger partial charge on any atom is 0.240 e. The minimum Gasteiger partial charge on any atom is -0.354 e. The smallest absolute Gasteiger partial charge is 0.240 e. The number of nitrogens with two attached hydrogens (primary N) is 1. The van der Waals surface area contributed by atoms with Crippen LogP contribution in [0.4, 0.5) is 5.95 Å². The molecule has 0 bridgehead atoms. The van der Waals surface area contributed by atoms with Crippen molar-refractivity contribution in [3.63, 3.8) is 0 Å². The Hall–Kier alpha value is -0.860. The number of carbonyl (C=O) groups is 1. The zero-order chi connectivity index (χ0) is 17.5. The Balaban J connectivity index is 0.00000243. The minimum atomic E-state index is -0.625. The van der Waals surface area contributed by atoms with Crippen molar-refractivity contribution < 1.29 is 4.79 Å².